The van der Waals surface area contributed by atoms with Crippen LogP contribution >= 0.6 is 0 Å². The average Bonchev–Trinajstić information content (AvgIpc) is 2.82. The first-order chi connectivity index (χ1) is 15.2. The topological polar surface area (TPSA) is 99.3 Å². The average molecular weight is 425 g/mol. The Morgan fingerprint density at radius 1 is 0.581 bits per heavy atom. The molecule has 0 fully saturated rings. The Balaban J connectivity index is 0.000000348. The number of rotatable bonds is 13. The number of benzene rings is 2. The summed E-state index contributed by atoms with van der Waals surface area (Å²) < 4.78 is 0. The molecule has 0 aliphatic rings. The molecular formula is C25H32N2O4. The number of carbonyl (C=O) groups excluding carboxylic acids is 2. The fourth-order valence-corrected chi connectivity index (χ4v) is 3.21. The first-order valence-corrected chi connectivity index (χ1v) is 10.8. The molecule has 2 aromatic rings. The zero-order chi connectivity index (χ0) is 22.6. The number of unbranched alkanes of at least 4 members (excludes halogenated alkanes) is 7. The number of aliphatic imine (C=N–C) groups is 2. The summed E-state index contributed by atoms with van der Waals surface area (Å²) >= 11 is 0. The quantitative estimate of drug-likeness (QED) is 0.278. The van der Waals surface area contributed by atoms with Crippen molar-refractivity contribution in [2.75, 3.05) is 13.2 Å². The van der Waals surface area contributed by atoms with E-state index < -0.39 is 5.66 Å². The van der Waals surface area contributed by atoms with E-state index in [1.54, 1.807) is 48.5 Å². The van der Waals surface area contributed by atoms with Crippen LogP contribution in [-0.4, -0.2) is 35.6 Å². The summed E-state index contributed by atoms with van der Waals surface area (Å²) in [5.41, 5.74) is -0.202. The lowest BCUT2D eigenvalue weighted by Gasteiger charge is -2.22. The Bertz CT molecular complexity index is 729. The number of hydrogen-bond acceptors (Lipinski definition) is 6. The smallest absolute Gasteiger partial charge is 0.238 e. The second-order valence-electron chi connectivity index (χ2n) is 7.09. The zero-order valence-corrected chi connectivity index (χ0v) is 17.9. The van der Waals surface area contributed by atoms with Gasteiger partial charge in [-0.2, -0.15) is 9.98 Å². The number of nitrogens with zero attached hydrogens (tertiary/aromatic N) is 2. The fourth-order valence-electron chi connectivity index (χ4n) is 3.21. The predicted molar refractivity (Wildman–Crippen MR) is 121 cm³/mol. The monoisotopic (exact) mass is 424 g/mol. The van der Waals surface area contributed by atoms with Crippen LogP contribution in [0.2, 0.25) is 0 Å². The van der Waals surface area contributed by atoms with E-state index in [0.717, 1.165) is 25.7 Å². The molecule has 166 valence electrons. The summed E-state index contributed by atoms with van der Waals surface area (Å²) in [7, 11) is 0. The fraction of sp³-hybridized carbons (Fsp3) is 0.440. The van der Waals surface area contributed by atoms with Gasteiger partial charge in [-0.1, -0.05) is 99.2 Å². The van der Waals surface area contributed by atoms with Gasteiger partial charge in [0.15, 0.2) is 0 Å². The van der Waals surface area contributed by atoms with Crippen molar-refractivity contribution >= 4 is 12.2 Å². The molecule has 2 rings (SSSR count). The van der Waals surface area contributed by atoms with E-state index in [1.807, 2.05) is 12.1 Å². The minimum Gasteiger partial charge on any atom is -0.396 e. The van der Waals surface area contributed by atoms with Crippen LogP contribution in [0.25, 0.3) is 0 Å². The highest BCUT2D eigenvalue weighted by Gasteiger charge is 2.33. The van der Waals surface area contributed by atoms with Gasteiger partial charge in [0, 0.05) is 24.3 Å². The molecule has 0 atom stereocenters. The molecule has 6 nitrogen and oxygen atoms in total. The number of aliphatic hydroxyl groups excluding tert-OH is 2. The SMILES string of the molecule is O=C=NC(N=C=O)(c1ccccc1)c1ccccc1.OCCCCCCCCCCO. The second-order valence-corrected chi connectivity index (χ2v) is 7.09. The van der Waals surface area contributed by atoms with Crippen LogP contribution in [0.5, 0.6) is 0 Å². The second kappa shape index (κ2) is 16.9. The molecular weight excluding hydrogens is 392 g/mol. The highest BCUT2D eigenvalue weighted by Crippen LogP contribution is 2.34. The Morgan fingerprint density at radius 2 is 0.903 bits per heavy atom. The minimum atomic E-state index is -1.41. The molecule has 0 unspecified atom stereocenters. The van der Waals surface area contributed by atoms with Crippen molar-refractivity contribution in [1.82, 2.24) is 0 Å². The molecule has 0 saturated heterocycles. The summed E-state index contributed by atoms with van der Waals surface area (Å²) in [5, 5.41) is 17.0. The molecule has 2 aromatic carbocycles. The molecule has 0 spiro atoms. The summed E-state index contributed by atoms with van der Waals surface area (Å²) in [4.78, 5) is 29.0. The van der Waals surface area contributed by atoms with Crippen LogP contribution in [0.4, 0.5) is 0 Å². The largest absolute Gasteiger partial charge is 0.396 e. The van der Waals surface area contributed by atoms with Gasteiger partial charge in [-0.25, -0.2) is 9.59 Å². The number of hydrogen-bond donors (Lipinski definition) is 2. The first kappa shape index (κ1) is 26.2. The molecule has 0 aromatic heterocycles. The molecule has 6 heteroatoms. The number of aliphatic hydroxyl groups is 2. The maximum atomic E-state index is 10.8. The van der Waals surface area contributed by atoms with Gasteiger partial charge in [0.2, 0.25) is 17.8 Å². The molecule has 0 radical (unpaired) electrons. The van der Waals surface area contributed by atoms with Crippen LogP contribution in [0.15, 0.2) is 70.6 Å². The van der Waals surface area contributed by atoms with Gasteiger partial charge in [-0.15, -0.1) is 0 Å². The lowest BCUT2D eigenvalue weighted by Crippen LogP contribution is -2.22. The van der Waals surface area contributed by atoms with Crippen molar-refractivity contribution in [3.63, 3.8) is 0 Å². The van der Waals surface area contributed by atoms with Crippen LogP contribution in [0.3, 0.4) is 0 Å². The predicted octanol–water partition coefficient (Wildman–Crippen LogP) is 4.65. The van der Waals surface area contributed by atoms with Crippen molar-refractivity contribution in [2.45, 2.75) is 57.0 Å². The molecule has 31 heavy (non-hydrogen) atoms. The van der Waals surface area contributed by atoms with Crippen LogP contribution in [-0.2, 0) is 15.3 Å². The normalized spacial score (nSPS) is 10.3. The third-order valence-electron chi connectivity index (χ3n) is 4.83. The van der Waals surface area contributed by atoms with Gasteiger partial charge in [-0.3, -0.25) is 0 Å². The maximum absolute atomic E-state index is 10.8. The van der Waals surface area contributed by atoms with Crippen LogP contribution in [0.1, 0.15) is 62.5 Å². The highest BCUT2D eigenvalue weighted by atomic mass is 16.3. The molecule has 0 heterocycles. The first-order valence-electron chi connectivity index (χ1n) is 10.8. The molecule has 0 aliphatic heterocycles. The van der Waals surface area contributed by atoms with E-state index in [2.05, 4.69) is 9.98 Å². The van der Waals surface area contributed by atoms with Crippen LogP contribution in [0, 0.1) is 0 Å². The molecule has 0 aliphatic carbocycles. The van der Waals surface area contributed by atoms with Crippen molar-refractivity contribution in [3.05, 3.63) is 71.8 Å². The minimum absolute atomic E-state index is 0.338. The lowest BCUT2D eigenvalue weighted by molar-refractivity contribution is 0.279. The van der Waals surface area contributed by atoms with Crippen LogP contribution < -0.4 is 0 Å². The van der Waals surface area contributed by atoms with Crippen molar-refractivity contribution in [3.8, 4) is 0 Å². The standard InChI is InChI=1S/C15H10N2O2.C10H22O2/c18-11-16-15(17-12-19,13-7-3-1-4-8-13)14-9-5-2-6-10-14;11-9-7-5-3-1-2-4-6-8-10-12/h1-10H;11-12H,1-10H2. The maximum Gasteiger partial charge on any atom is 0.238 e. The summed E-state index contributed by atoms with van der Waals surface area (Å²) in [5.74, 6) is 0. The Hall–Kier alpha value is -2.88. The van der Waals surface area contributed by atoms with Gasteiger partial charge in [0.25, 0.3) is 0 Å². The van der Waals surface area contributed by atoms with Crippen molar-refractivity contribution in [1.29, 1.82) is 0 Å². The Labute approximate surface area is 184 Å². The van der Waals surface area contributed by atoms with E-state index in [9.17, 15) is 9.59 Å². The molecule has 0 bridgehead atoms. The third-order valence-corrected chi connectivity index (χ3v) is 4.83. The molecule has 0 amide bonds. The number of isocyanates is 2. The Kier molecular flexibility index (Phi) is 14.2. The van der Waals surface area contributed by atoms with Gasteiger partial charge >= 0.3 is 0 Å². The van der Waals surface area contributed by atoms with E-state index >= 15 is 0 Å². The zero-order valence-electron chi connectivity index (χ0n) is 17.9. The summed E-state index contributed by atoms with van der Waals surface area (Å²) in [6.07, 6.45) is 12.3. The van der Waals surface area contributed by atoms with Gasteiger partial charge < -0.3 is 10.2 Å². The molecule has 0 saturated carbocycles. The summed E-state index contributed by atoms with van der Waals surface area (Å²) in [6.45, 7) is 0.676. The van der Waals surface area contributed by atoms with E-state index in [0.29, 0.717) is 24.3 Å². The Morgan fingerprint density at radius 3 is 1.19 bits per heavy atom. The van der Waals surface area contributed by atoms with E-state index in [1.165, 1.54) is 37.8 Å². The lowest BCUT2D eigenvalue weighted by atomic mass is 9.92. The molecule has 2 N–H and O–H groups in total. The third kappa shape index (κ3) is 9.65. The summed E-state index contributed by atoms with van der Waals surface area (Å²) in [6, 6.07) is 17.8. The van der Waals surface area contributed by atoms with Gasteiger partial charge in [0.05, 0.1) is 0 Å². The van der Waals surface area contributed by atoms with Gasteiger partial charge in [-0.05, 0) is 12.8 Å². The van der Waals surface area contributed by atoms with Crippen molar-refractivity contribution < 1.29 is 19.8 Å². The van der Waals surface area contributed by atoms with Gasteiger partial charge in [0.1, 0.15) is 0 Å². The van der Waals surface area contributed by atoms with E-state index in [-0.39, 0.29) is 0 Å². The highest BCUT2D eigenvalue weighted by molar-refractivity contribution is 5.49. The van der Waals surface area contributed by atoms with E-state index in [4.69, 9.17) is 10.2 Å². The van der Waals surface area contributed by atoms with Crippen molar-refractivity contribution in [2.24, 2.45) is 9.98 Å².